The molecule has 0 aliphatic carbocycles. The van der Waals surface area contributed by atoms with Gasteiger partial charge in [0.05, 0.1) is 12.0 Å². The van der Waals surface area contributed by atoms with Crippen LogP contribution >= 0.6 is 0 Å². The van der Waals surface area contributed by atoms with Crippen molar-refractivity contribution < 1.29 is 0 Å². The average Bonchev–Trinajstić information content (AvgIpc) is 2.47. The molecule has 0 spiro atoms. The number of H-pyrrole nitrogens is 1. The number of aromatic amines is 1. The topological polar surface area (TPSA) is 49.0 Å². The van der Waals surface area contributed by atoms with E-state index in [2.05, 4.69) is 34.8 Å². The molecular formula is C16H25N3O. The number of piperidine rings is 1. The summed E-state index contributed by atoms with van der Waals surface area (Å²) in [4.78, 5) is 20.8. The molecule has 0 aromatic carbocycles. The van der Waals surface area contributed by atoms with E-state index >= 15 is 0 Å². The average molecular weight is 275 g/mol. The predicted molar refractivity (Wildman–Crippen MR) is 81.9 cm³/mol. The second-order valence-electron chi connectivity index (χ2n) is 5.67. The number of hydrogen-bond donors (Lipinski definition) is 1. The largest absolute Gasteiger partial charge is 0.313 e. The Hall–Kier alpha value is -1.42. The van der Waals surface area contributed by atoms with Gasteiger partial charge in [0.1, 0.15) is 0 Å². The second kappa shape index (κ2) is 7.39. The second-order valence-corrected chi connectivity index (χ2v) is 5.67. The number of allylic oxidation sites excluding steroid dienone is 1. The van der Waals surface area contributed by atoms with Crippen LogP contribution in [0.15, 0.2) is 28.8 Å². The molecule has 1 N–H and O–H groups in total. The number of rotatable bonds is 5. The molecule has 1 aromatic rings. The summed E-state index contributed by atoms with van der Waals surface area (Å²) in [5.41, 5.74) is 2.36. The Balaban J connectivity index is 1.90. The Morgan fingerprint density at radius 2 is 2.45 bits per heavy atom. The molecule has 0 saturated carbocycles. The van der Waals surface area contributed by atoms with Gasteiger partial charge in [0.25, 0.3) is 5.56 Å². The quantitative estimate of drug-likeness (QED) is 0.841. The molecule has 4 heteroatoms. The van der Waals surface area contributed by atoms with Gasteiger partial charge in [-0.2, -0.15) is 0 Å². The lowest BCUT2D eigenvalue weighted by Crippen LogP contribution is -2.35. The van der Waals surface area contributed by atoms with Crippen LogP contribution in [-0.4, -0.2) is 34.5 Å². The van der Waals surface area contributed by atoms with Crippen molar-refractivity contribution in [2.45, 2.75) is 45.4 Å². The van der Waals surface area contributed by atoms with E-state index in [0.717, 1.165) is 38.0 Å². The third-order valence-electron chi connectivity index (χ3n) is 4.12. The van der Waals surface area contributed by atoms with Crippen molar-refractivity contribution in [3.63, 3.8) is 0 Å². The highest BCUT2D eigenvalue weighted by Crippen LogP contribution is 2.24. The molecule has 1 unspecified atom stereocenters. The summed E-state index contributed by atoms with van der Waals surface area (Å²) < 4.78 is 0. The minimum absolute atomic E-state index is 0.0476. The summed E-state index contributed by atoms with van der Waals surface area (Å²) in [6.07, 6.45) is 8.44. The summed E-state index contributed by atoms with van der Waals surface area (Å²) in [5, 5.41) is 0. The van der Waals surface area contributed by atoms with Gasteiger partial charge in [-0.05, 0) is 39.2 Å². The van der Waals surface area contributed by atoms with Crippen molar-refractivity contribution in [3.8, 4) is 0 Å². The van der Waals surface area contributed by atoms with E-state index in [-0.39, 0.29) is 5.56 Å². The van der Waals surface area contributed by atoms with Crippen LogP contribution in [-0.2, 0) is 0 Å². The first kappa shape index (κ1) is 15.0. The highest BCUT2D eigenvalue weighted by Gasteiger charge is 2.21. The predicted octanol–water partition coefficient (Wildman–Crippen LogP) is 2.70. The first-order valence-corrected chi connectivity index (χ1v) is 7.61. The van der Waals surface area contributed by atoms with Gasteiger partial charge >= 0.3 is 0 Å². The molecule has 1 saturated heterocycles. The van der Waals surface area contributed by atoms with E-state index in [1.54, 1.807) is 6.07 Å². The van der Waals surface area contributed by atoms with Crippen LogP contribution in [0.2, 0.25) is 0 Å². The molecule has 0 bridgehead atoms. The van der Waals surface area contributed by atoms with E-state index in [1.807, 2.05) is 0 Å². The summed E-state index contributed by atoms with van der Waals surface area (Å²) in [6.45, 7) is 7.69. The van der Waals surface area contributed by atoms with Crippen molar-refractivity contribution in [3.05, 3.63) is 40.1 Å². The third kappa shape index (κ3) is 4.30. The van der Waals surface area contributed by atoms with Gasteiger partial charge in [-0.1, -0.05) is 18.6 Å². The van der Waals surface area contributed by atoms with Crippen LogP contribution in [0, 0.1) is 0 Å². The summed E-state index contributed by atoms with van der Waals surface area (Å²) in [7, 11) is 0. The Morgan fingerprint density at radius 3 is 3.20 bits per heavy atom. The molecule has 20 heavy (non-hydrogen) atoms. The Morgan fingerprint density at radius 1 is 1.60 bits per heavy atom. The van der Waals surface area contributed by atoms with Crippen molar-refractivity contribution in [1.29, 1.82) is 0 Å². The fourth-order valence-corrected chi connectivity index (χ4v) is 2.74. The van der Waals surface area contributed by atoms with Crippen molar-refractivity contribution in [2.75, 3.05) is 19.6 Å². The number of hydrogen-bond acceptors (Lipinski definition) is 3. The van der Waals surface area contributed by atoms with Crippen molar-refractivity contribution in [1.82, 2.24) is 14.9 Å². The minimum atomic E-state index is -0.0476. The first-order chi connectivity index (χ1) is 9.69. The Bertz CT molecular complexity index is 506. The lowest BCUT2D eigenvalue weighted by Gasteiger charge is -2.32. The zero-order chi connectivity index (χ0) is 14.4. The van der Waals surface area contributed by atoms with Gasteiger partial charge in [-0.3, -0.25) is 4.79 Å². The van der Waals surface area contributed by atoms with E-state index < -0.39 is 0 Å². The zero-order valence-electron chi connectivity index (χ0n) is 12.6. The number of nitrogens with zero attached hydrogens (tertiary/aromatic N) is 2. The van der Waals surface area contributed by atoms with E-state index in [1.165, 1.54) is 24.9 Å². The van der Waals surface area contributed by atoms with Crippen LogP contribution in [0.1, 0.15) is 51.1 Å². The highest BCUT2D eigenvalue weighted by molar-refractivity contribution is 5.08. The molecule has 1 aliphatic heterocycles. The number of aromatic nitrogens is 2. The Kier molecular flexibility index (Phi) is 5.53. The SMILES string of the molecule is CCC(C)=CCCN1CCCC(c2cc(=O)[nH]cn2)C1. The maximum Gasteiger partial charge on any atom is 0.250 e. The third-order valence-corrected chi connectivity index (χ3v) is 4.12. The maximum atomic E-state index is 11.4. The van der Waals surface area contributed by atoms with Crippen LogP contribution < -0.4 is 5.56 Å². The molecule has 2 rings (SSSR count). The molecule has 4 nitrogen and oxygen atoms in total. The fourth-order valence-electron chi connectivity index (χ4n) is 2.74. The van der Waals surface area contributed by atoms with Crippen LogP contribution in [0.25, 0.3) is 0 Å². The molecule has 1 aliphatic rings. The molecule has 0 radical (unpaired) electrons. The fraction of sp³-hybridized carbons (Fsp3) is 0.625. The van der Waals surface area contributed by atoms with E-state index in [0.29, 0.717) is 5.92 Å². The molecule has 110 valence electrons. The normalized spacial score (nSPS) is 21.1. The molecule has 1 aromatic heterocycles. The monoisotopic (exact) mass is 275 g/mol. The lowest BCUT2D eigenvalue weighted by atomic mass is 9.94. The zero-order valence-corrected chi connectivity index (χ0v) is 12.6. The summed E-state index contributed by atoms with van der Waals surface area (Å²) in [6, 6.07) is 1.65. The highest BCUT2D eigenvalue weighted by atomic mass is 16.1. The molecule has 0 amide bonds. The smallest absolute Gasteiger partial charge is 0.250 e. The van der Waals surface area contributed by atoms with Gasteiger partial charge in [0.15, 0.2) is 0 Å². The van der Waals surface area contributed by atoms with Crippen molar-refractivity contribution in [2.24, 2.45) is 0 Å². The Labute approximate surface area is 120 Å². The molecular weight excluding hydrogens is 250 g/mol. The van der Waals surface area contributed by atoms with Gasteiger partial charge in [-0.15, -0.1) is 0 Å². The molecule has 2 heterocycles. The van der Waals surface area contributed by atoms with Crippen LogP contribution in [0.5, 0.6) is 0 Å². The van der Waals surface area contributed by atoms with Gasteiger partial charge in [-0.25, -0.2) is 4.98 Å². The van der Waals surface area contributed by atoms with Gasteiger partial charge in [0.2, 0.25) is 0 Å². The summed E-state index contributed by atoms with van der Waals surface area (Å²) in [5.74, 6) is 0.405. The van der Waals surface area contributed by atoms with Crippen LogP contribution in [0.3, 0.4) is 0 Å². The number of likely N-dealkylation sites (tertiary alicyclic amines) is 1. The maximum absolute atomic E-state index is 11.4. The lowest BCUT2D eigenvalue weighted by molar-refractivity contribution is 0.209. The van der Waals surface area contributed by atoms with E-state index in [4.69, 9.17) is 0 Å². The van der Waals surface area contributed by atoms with Crippen LogP contribution in [0.4, 0.5) is 0 Å². The van der Waals surface area contributed by atoms with Gasteiger partial charge in [0, 0.05) is 25.1 Å². The van der Waals surface area contributed by atoms with Gasteiger partial charge < -0.3 is 9.88 Å². The molecule has 1 atom stereocenters. The minimum Gasteiger partial charge on any atom is -0.313 e. The van der Waals surface area contributed by atoms with E-state index in [9.17, 15) is 4.79 Å². The molecule has 1 fully saturated rings. The standard InChI is InChI=1S/C16H25N3O/c1-3-13(2)6-4-8-19-9-5-7-14(11-19)15-10-16(20)18-12-17-15/h6,10,12,14H,3-5,7-9,11H2,1-2H3,(H,17,18,20). The van der Waals surface area contributed by atoms with Crippen molar-refractivity contribution >= 4 is 0 Å². The number of nitrogens with one attached hydrogen (secondary N) is 1. The summed E-state index contributed by atoms with van der Waals surface area (Å²) >= 11 is 0. The first-order valence-electron chi connectivity index (χ1n) is 7.61.